The van der Waals surface area contributed by atoms with E-state index < -0.39 is 0 Å². The van der Waals surface area contributed by atoms with E-state index in [1.165, 1.54) is 6.08 Å². The van der Waals surface area contributed by atoms with Crippen molar-refractivity contribution in [1.82, 2.24) is 0 Å². The van der Waals surface area contributed by atoms with Gasteiger partial charge in [0.05, 0.1) is 0 Å². The Bertz CT molecular complexity index is 436. The SMILES string of the molecule is CC(C)(C)C#CC(=O)/C=C/c1ccccc1. The Hall–Kier alpha value is -1.81. The lowest BCUT2D eigenvalue weighted by molar-refractivity contribution is -0.109. The summed E-state index contributed by atoms with van der Waals surface area (Å²) in [5, 5.41) is 0. The zero-order valence-electron chi connectivity index (χ0n) is 9.95. The van der Waals surface area contributed by atoms with Crippen LogP contribution in [0.1, 0.15) is 26.3 Å². The Morgan fingerprint density at radius 1 is 1.19 bits per heavy atom. The van der Waals surface area contributed by atoms with Crippen LogP contribution in [-0.4, -0.2) is 5.78 Å². The number of rotatable bonds is 2. The fourth-order valence-electron chi connectivity index (χ4n) is 1.03. The Morgan fingerprint density at radius 3 is 2.38 bits per heavy atom. The van der Waals surface area contributed by atoms with E-state index in [1.54, 1.807) is 6.08 Å². The largest absolute Gasteiger partial charge is 0.280 e. The van der Waals surface area contributed by atoms with Crippen molar-refractivity contribution in [3.05, 3.63) is 42.0 Å². The Labute approximate surface area is 97.2 Å². The molecule has 0 heterocycles. The van der Waals surface area contributed by atoms with Gasteiger partial charge in [-0.2, -0.15) is 0 Å². The summed E-state index contributed by atoms with van der Waals surface area (Å²) in [6.07, 6.45) is 3.29. The molecule has 0 fully saturated rings. The molecule has 0 aromatic heterocycles. The van der Waals surface area contributed by atoms with E-state index in [4.69, 9.17) is 0 Å². The highest BCUT2D eigenvalue weighted by Gasteiger charge is 2.03. The molecular formula is C15H16O. The summed E-state index contributed by atoms with van der Waals surface area (Å²) in [5.41, 5.74) is 0.879. The Balaban J connectivity index is 2.65. The molecule has 0 aliphatic carbocycles. The van der Waals surface area contributed by atoms with Gasteiger partial charge in [0, 0.05) is 5.41 Å². The lowest BCUT2D eigenvalue weighted by Gasteiger charge is -2.05. The average molecular weight is 212 g/mol. The first-order valence-electron chi connectivity index (χ1n) is 5.28. The van der Waals surface area contributed by atoms with Crippen LogP contribution in [0, 0.1) is 17.3 Å². The molecule has 1 nitrogen and oxygen atoms in total. The molecule has 0 N–H and O–H groups in total. The number of hydrogen-bond acceptors (Lipinski definition) is 1. The molecule has 0 amide bonds. The summed E-state index contributed by atoms with van der Waals surface area (Å²) in [7, 11) is 0. The highest BCUT2D eigenvalue weighted by atomic mass is 16.1. The molecule has 0 aliphatic rings. The smallest absolute Gasteiger partial charge is 0.228 e. The monoisotopic (exact) mass is 212 g/mol. The van der Waals surface area contributed by atoms with Crippen molar-refractivity contribution in [2.24, 2.45) is 5.41 Å². The van der Waals surface area contributed by atoms with Gasteiger partial charge in [0.2, 0.25) is 5.78 Å². The summed E-state index contributed by atoms with van der Waals surface area (Å²) in [6, 6.07) is 9.70. The molecule has 82 valence electrons. The summed E-state index contributed by atoms with van der Waals surface area (Å²) in [5.74, 6) is 5.37. The topological polar surface area (TPSA) is 17.1 Å². The fraction of sp³-hybridized carbons (Fsp3) is 0.267. The van der Waals surface area contributed by atoms with Crippen LogP contribution < -0.4 is 0 Å². The molecule has 16 heavy (non-hydrogen) atoms. The van der Waals surface area contributed by atoms with Crippen molar-refractivity contribution in [1.29, 1.82) is 0 Å². The molecule has 1 rings (SSSR count). The van der Waals surface area contributed by atoms with E-state index in [0.717, 1.165) is 5.56 Å². The Morgan fingerprint density at radius 2 is 1.81 bits per heavy atom. The van der Waals surface area contributed by atoms with E-state index >= 15 is 0 Å². The predicted molar refractivity (Wildman–Crippen MR) is 67.7 cm³/mol. The maximum Gasteiger partial charge on any atom is 0.228 e. The standard InChI is InChI=1S/C15H16O/c1-15(2,3)12-11-14(16)10-9-13-7-5-4-6-8-13/h4-10H,1-3H3/b10-9+. The molecule has 0 saturated heterocycles. The van der Waals surface area contributed by atoms with Crippen LogP contribution in [0.25, 0.3) is 6.08 Å². The number of allylic oxidation sites excluding steroid dienone is 1. The second kappa shape index (κ2) is 5.32. The number of ketones is 1. The molecule has 0 bridgehead atoms. The number of benzene rings is 1. The van der Waals surface area contributed by atoms with Gasteiger partial charge < -0.3 is 0 Å². The van der Waals surface area contributed by atoms with Crippen molar-refractivity contribution < 1.29 is 4.79 Å². The van der Waals surface area contributed by atoms with Gasteiger partial charge >= 0.3 is 0 Å². The lowest BCUT2D eigenvalue weighted by atomic mass is 9.98. The fourth-order valence-corrected chi connectivity index (χ4v) is 1.03. The normalized spacial score (nSPS) is 10.9. The summed E-state index contributed by atoms with van der Waals surface area (Å²) in [6.45, 7) is 5.94. The lowest BCUT2D eigenvalue weighted by Crippen LogP contribution is -2.00. The first-order chi connectivity index (χ1) is 7.47. The predicted octanol–water partition coefficient (Wildman–Crippen LogP) is 3.32. The molecule has 0 atom stereocenters. The number of carbonyl (C=O) groups is 1. The molecule has 1 aromatic rings. The van der Waals surface area contributed by atoms with E-state index in [2.05, 4.69) is 11.8 Å². The summed E-state index contributed by atoms with van der Waals surface area (Å²) < 4.78 is 0. The van der Waals surface area contributed by atoms with Crippen molar-refractivity contribution >= 4 is 11.9 Å². The van der Waals surface area contributed by atoms with Crippen LogP contribution in [0.4, 0.5) is 0 Å². The maximum absolute atomic E-state index is 11.4. The number of hydrogen-bond donors (Lipinski definition) is 0. The maximum atomic E-state index is 11.4. The molecule has 0 saturated carbocycles. The van der Waals surface area contributed by atoms with Crippen LogP contribution in [0.5, 0.6) is 0 Å². The third-order valence-corrected chi connectivity index (χ3v) is 1.79. The van der Waals surface area contributed by atoms with Gasteiger partial charge in [-0.15, -0.1) is 0 Å². The Kier molecular flexibility index (Phi) is 4.08. The van der Waals surface area contributed by atoms with E-state index in [0.29, 0.717) is 0 Å². The van der Waals surface area contributed by atoms with E-state index in [-0.39, 0.29) is 11.2 Å². The second-order valence-electron chi connectivity index (χ2n) is 4.61. The molecular weight excluding hydrogens is 196 g/mol. The minimum absolute atomic E-state index is 0.129. The van der Waals surface area contributed by atoms with Crippen LogP contribution >= 0.6 is 0 Å². The first kappa shape index (κ1) is 12.3. The van der Waals surface area contributed by atoms with Gasteiger partial charge in [-0.3, -0.25) is 4.79 Å². The van der Waals surface area contributed by atoms with Crippen molar-refractivity contribution in [3.63, 3.8) is 0 Å². The second-order valence-corrected chi connectivity index (χ2v) is 4.61. The number of carbonyl (C=O) groups excluding carboxylic acids is 1. The van der Waals surface area contributed by atoms with Crippen LogP contribution in [0.3, 0.4) is 0 Å². The average Bonchev–Trinajstić information content (AvgIpc) is 2.24. The van der Waals surface area contributed by atoms with E-state index in [1.807, 2.05) is 51.1 Å². The van der Waals surface area contributed by atoms with Crippen LogP contribution in [0.2, 0.25) is 0 Å². The first-order valence-corrected chi connectivity index (χ1v) is 5.28. The third kappa shape index (κ3) is 5.17. The van der Waals surface area contributed by atoms with Gasteiger partial charge in [0.25, 0.3) is 0 Å². The highest BCUT2D eigenvalue weighted by molar-refractivity contribution is 6.06. The third-order valence-electron chi connectivity index (χ3n) is 1.79. The van der Waals surface area contributed by atoms with E-state index in [9.17, 15) is 4.79 Å². The zero-order valence-corrected chi connectivity index (χ0v) is 9.95. The van der Waals surface area contributed by atoms with Gasteiger partial charge in [0.1, 0.15) is 0 Å². The quantitative estimate of drug-likeness (QED) is 0.417. The van der Waals surface area contributed by atoms with Crippen molar-refractivity contribution in [2.45, 2.75) is 20.8 Å². The summed E-state index contributed by atoms with van der Waals surface area (Å²) >= 11 is 0. The summed E-state index contributed by atoms with van der Waals surface area (Å²) in [4.78, 5) is 11.4. The molecule has 0 radical (unpaired) electrons. The highest BCUT2D eigenvalue weighted by Crippen LogP contribution is 2.09. The molecule has 1 aromatic carbocycles. The van der Waals surface area contributed by atoms with Gasteiger partial charge in [0.15, 0.2) is 0 Å². The molecule has 0 aliphatic heterocycles. The molecule has 0 spiro atoms. The minimum atomic E-state index is -0.154. The van der Waals surface area contributed by atoms with Crippen molar-refractivity contribution in [2.75, 3.05) is 0 Å². The van der Waals surface area contributed by atoms with Gasteiger partial charge in [-0.25, -0.2) is 0 Å². The van der Waals surface area contributed by atoms with Crippen molar-refractivity contribution in [3.8, 4) is 11.8 Å². The van der Waals surface area contributed by atoms with Gasteiger partial charge in [-0.1, -0.05) is 42.3 Å². The van der Waals surface area contributed by atoms with Crippen LogP contribution in [-0.2, 0) is 4.79 Å². The zero-order chi connectivity index (χ0) is 12.0. The minimum Gasteiger partial charge on any atom is -0.280 e. The molecule has 0 unspecified atom stereocenters. The van der Waals surface area contributed by atoms with Gasteiger partial charge in [-0.05, 0) is 38.3 Å². The van der Waals surface area contributed by atoms with Crippen LogP contribution in [0.15, 0.2) is 36.4 Å². The molecule has 1 heteroatoms.